The number of anilines is 2. The molecule has 21 heavy (non-hydrogen) atoms. The molecule has 2 N–H and O–H groups in total. The summed E-state index contributed by atoms with van der Waals surface area (Å²) < 4.78 is 38.5. The van der Waals surface area contributed by atoms with Crippen molar-refractivity contribution in [3.63, 3.8) is 0 Å². The van der Waals surface area contributed by atoms with Gasteiger partial charge >= 0.3 is 6.18 Å². The highest BCUT2D eigenvalue weighted by Crippen LogP contribution is 2.29. The molecule has 0 radical (unpaired) electrons. The molecule has 2 aromatic heterocycles. The standard InChI is InChI=1S/C12H14F3N5S/c1-2-3-17-11-19-9(12(13,14)15)4-10(20-11)18-6-8-5-16-7-21-8/h4-5,7H,2-3,6H2,1H3,(H2,17,18,19,20). The van der Waals surface area contributed by atoms with Crippen molar-refractivity contribution in [2.24, 2.45) is 0 Å². The fourth-order valence-corrected chi connectivity index (χ4v) is 2.04. The number of alkyl halides is 3. The van der Waals surface area contributed by atoms with Gasteiger partial charge < -0.3 is 10.6 Å². The first-order chi connectivity index (χ1) is 9.99. The van der Waals surface area contributed by atoms with Crippen LogP contribution in [0.5, 0.6) is 0 Å². The zero-order valence-corrected chi connectivity index (χ0v) is 12.1. The van der Waals surface area contributed by atoms with Crippen molar-refractivity contribution in [1.29, 1.82) is 0 Å². The SMILES string of the molecule is CCCNc1nc(NCc2cncs2)cc(C(F)(F)F)n1. The Labute approximate surface area is 123 Å². The Morgan fingerprint density at radius 1 is 1.24 bits per heavy atom. The highest BCUT2D eigenvalue weighted by atomic mass is 32.1. The largest absolute Gasteiger partial charge is 0.433 e. The summed E-state index contributed by atoms with van der Waals surface area (Å²) in [7, 11) is 0. The van der Waals surface area contributed by atoms with E-state index in [-0.39, 0.29) is 11.8 Å². The molecule has 0 aromatic carbocycles. The summed E-state index contributed by atoms with van der Waals surface area (Å²) in [6, 6.07) is 0.901. The number of nitrogens with zero attached hydrogens (tertiary/aromatic N) is 3. The van der Waals surface area contributed by atoms with Crippen molar-refractivity contribution in [1.82, 2.24) is 15.0 Å². The molecule has 114 valence electrons. The number of halogens is 3. The Bertz CT molecular complexity index is 571. The second kappa shape index (κ2) is 6.70. The van der Waals surface area contributed by atoms with Gasteiger partial charge in [0.1, 0.15) is 5.82 Å². The number of aromatic nitrogens is 3. The first kappa shape index (κ1) is 15.5. The molecule has 0 amide bonds. The number of thiazole rings is 1. The summed E-state index contributed by atoms with van der Waals surface area (Å²) >= 11 is 1.42. The van der Waals surface area contributed by atoms with Crippen LogP contribution in [0.1, 0.15) is 23.9 Å². The molecule has 0 bridgehead atoms. The van der Waals surface area contributed by atoms with E-state index in [0.717, 1.165) is 17.4 Å². The van der Waals surface area contributed by atoms with Crippen molar-refractivity contribution in [3.8, 4) is 0 Å². The third-order valence-electron chi connectivity index (χ3n) is 2.48. The molecular formula is C12H14F3N5S. The van der Waals surface area contributed by atoms with Crippen molar-refractivity contribution >= 4 is 23.1 Å². The summed E-state index contributed by atoms with van der Waals surface area (Å²) in [6.07, 6.45) is -2.09. The molecule has 0 atom stereocenters. The predicted octanol–water partition coefficient (Wildman–Crippen LogP) is 3.39. The number of hydrogen-bond donors (Lipinski definition) is 2. The van der Waals surface area contributed by atoms with E-state index in [4.69, 9.17) is 0 Å². The first-order valence-electron chi connectivity index (χ1n) is 6.30. The van der Waals surface area contributed by atoms with Gasteiger partial charge in [-0.05, 0) is 6.42 Å². The molecule has 2 heterocycles. The van der Waals surface area contributed by atoms with E-state index >= 15 is 0 Å². The number of rotatable bonds is 6. The third kappa shape index (κ3) is 4.55. The molecule has 0 aliphatic carbocycles. The van der Waals surface area contributed by atoms with Crippen LogP contribution >= 0.6 is 11.3 Å². The van der Waals surface area contributed by atoms with Gasteiger partial charge in [-0.15, -0.1) is 11.3 Å². The second-order valence-corrected chi connectivity index (χ2v) is 5.18. The Morgan fingerprint density at radius 3 is 2.67 bits per heavy atom. The number of nitrogens with one attached hydrogen (secondary N) is 2. The minimum atomic E-state index is -4.51. The summed E-state index contributed by atoms with van der Waals surface area (Å²) in [5, 5.41) is 5.62. The van der Waals surface area contributed by atoms with Crippen molar-refractivity contribution in [2.45, 2.75) is 26.1 Å². The molecule has 2 rings (SSSR count). The average molecular weight is 317 g/mol. The van der Waals surface area contributed by atoms with E-state index in [1.807, 2.05) is 6.92 Å². The van der Waals surface area contributed by atoms with Crippen LogP contribution in [0.3, 0.4) is 0 Å². The maximum Gasteiger partial charge on any atom is 0.433 e. The molecule has 0 fully saturated rings. The van der Waals surface area contributed by atoms with Crippen LogP contribution < -0.4 is 10.6 Å². The van der Waals surface area contributed by atoms with Gasteiger partial charge in [0.25, 0.3) is 0 Å². The molecule has 0 saturated carbocycles. The molecule has 0 unspecified atom stereocenters. The van der Waals surface area contributed by atoms with E-state index in [1.165, 1.54) is 11.3 Å². The quantitative estimate of drug-likeness (QED) is 0.855. The van der Waals surface area contributed by atoms with E-state index in [0.29, 0.717) is 13.1 Å². The van der Waals surface area contributed by atoms with Gasteiger partial charge in [0.05, 0.1) is 12.1 Å². The molecular weight excluding hydrogens is 303 g/mol. The van der Waals surface area contributed by atoms with E-state index < -0.39 is 11.9 Å². The zero-order chi connectivity index (χ0) is 15.3. The van der Waals surface area contributed by atoms with Gasteiger partial charge in [-0.25, -0.2) is 4.98 Å². The minimum Gasteiger partial charge on any atom is -0.365 e. The molecule has 5 nitrogen and oxygen atoms in total. The molecule has 0 saturated heterocycles. The fraction of sp³-hybridized carbons (Fsp3) is 0.417. The van der Waals surface area contributed by atoms with Crippen molar-refractivity contribution in [3.05, 3.63) is 28.3 Å². The summed E-state index contributed by atoms with van der Waals surface area (Å²) in [5.74, 6) is 0.0998. The highest BCUT2D eigenvalue weighted by molar-refractivity contribution is 7.09. The van der Waals surface area contributed by atoms with E-state index in [2.05, 4.69) is 25.6 Å². The van der Waals surface area contributed by atoms with Crippen LogP contribution in [0, 0.1) is 0 Å². The lowest BCUT2D eigenvalue weighted by Crippen LogP contribution is -2.14. The molecule has 2 aromatic rings. The maximum atomic E-state index is 12.8. The summed E-state index contributed by atoms with van der Waals surface area (Å²) in [4.78, 5) is 12.3. The Morgan fingerprint density at radius 2 is 2.05 bits per heavy atom. The van der Waals surface area contributed by atoms with Gasteiger partial charge in [0.15, 0.2) is 5.69 Å². The molecule has 9 heteroatoms. The Balaban J connectivity index is 2.17. The van der Waals surface area contributed by atoms with Gasteiger partial charge in [-0.3, -0.25) is 4.98 Å². The normalized spacial score (nSPS) is 11.4. The predicted molar refractivity (Wildman–Crippen MR) is 75.3 cm³/mol. The van der Waals surface area contributed by atoms with Gasteiger partial charge in [0.2, 0.25) is 5.95 Å². The van der Waals surface area contributed by atoms with Crippen molar-refractivity contribution in [2.75, 3.05) is 17.2 Å². The molecule has 0 spiro atoms. The highest BCUT2D eigenvalue weighted by Gasteiger charge is 2.33. The van der Waals surface area contributed by atoms with Crippen LogP contribution in [-0.4, -0.2) is 21.5 Å². The van der Waals surface area contributed by atoms with E-state index in [9.17, 15) is 13.2 Å². The van der Waals surface area contributed by atoms with Crippen LogP contribution in [0.4, 0.5) is 24.9 Å². The molecule has 0 aliphatic heterocycles. The minimum absolute atomic E-state index is 0.0292. The average Bonchev–Trinajstić information content (AvgIpc) is 2.95. The monoisotopic (exact) mass is 317 g/mol. The Hall–Kier alpha value is -1.90. The van der Waals surface area contributed by atoms with Gasteiger partial charge in [0, 0.05) is 23.7 Å². The lowest BCUT2D eigenvalue weighted by molar-refractivity contribution is -0.141. The fourth-order valence-electron chi connectivity index (χ4n) is 1.51. The number of hydrogen-bond acceptors (Lipinski definition) is 6. The smallest absolute Gasteiger partial charge is 0.365 e. The lowest BCUT2D eigenvalue weighted by atomic mass is 10.3. The third-order valence-corrected chi connectivity index (χ3v) is 3.26. The maximum absolute atomic E-state index is 12.8. The summed E-state index contributed by atoms with van der Waals surface area (Å²) in [5.41, 5.74) is 0.690. The van der Waals surface area contributed by atoms with Crippen molar-refractivity contribution < 1.29 is 13.2 Å². The Kier molecular flexibility index (Phi) is 4.94. The topological polar surface area (TPSA) is 62.7 Å². The zero-order valence-electron chi connectivity index (χ0n) is 11.2. The van der Waals surface area contributed by atoms with Crippen LogP contribution in [0.15, 0.2) is 17.8 Å². The lowest BCUT2D eigenvalue weighted by Gasteiger charge is -2.12. The van der Waals surface area contributed by atoms with Gasteiger partial charge in [-0.2, -0.15) is 18.2 Å². The van der Waals surface area contributed by atoms with Gasteiger partial charge in [-0.1, -0.05) is 6.92 Å². The summed E-state index contributed by atoms with van der Waals surface area (Å²) in [6.45, 7) is 2.78. The van der Waals surface area contributed by atoms with Crippen LogP contribution in [0.25, 0.3) is 0 Å². The van der Waals surface area contributed by atoms with E-state index in [1.54, 1.807) is 11.7 Å². The first-order valence-corrected chi connectivity index (χ1v) is 7.18. The van der Waals surface area contributed by atoms with Crippen LogP contribution in [0.2, 0.25) is 0 Å². The second-order valence-electron chi connectivity index (χ2n) is 4.21. The van der Waals surface area contributed by atoms with Crippen LogP contribution in [-0.2, 0) is 12.7 Å². The molecule has 0 aliphatic rings.